The number of benzene rings is 2. The summed E-state index contributed by atoms with van der Waals surface area (Å²) >= 11 is 0. The molecule has 0 saturated heterocycles. The van der Waals surface area contributed by atoms with Gasteiger partial charge in [0.1, 0.15) is 18.1 Å². The first kappa shape index (κ1) is 15.9. The number of hydrogen-bond acceptors (Lipinski definition) is 3. The fourth-order valence-electron chi connectivity index (χ4n) is 1.98. The van der Waals surface area contributed by atoms with Gasteiger partial charge in [0.25, 0.3) is 0 Å². The van der Waals surface area contributed by atoms with Crippen LogP contribution in [-0.4, -0.2) is 13.3 Å². The quantitative estimate of drug-likeness (QED) is 0.837. The molecule has 0 aliphatic carbocycles. The Labute approximate surface area is 125 Å². The highest BCUT2D eigenvalue weighted by molar-refractivity contribution is 5.80. The zero-order valence-corrected chi connectivity index (χ0v) is 11.8. The van der Waals surface area contributed by atoms with E-state index in [2.05, 4.69) is 0 Å². The highest BCUT2D eigenvalue weighted by atomic mass is 19.4. The molecule has 0 fully saturated rings. The minimum Gasteiger partial charge on any atom is -0.496 e. The van der Waals surface area contributed by atoms with Gasteiger partial charge in [0.15, 0.2) is 0 Å². The van der Waals surface area contributed by atoms with E-state index in [0.717, 1.165) is 11.6 Å². The average molecular weight is 309 g/mol. The van der Waals surface area contributed by atoms with Crippen molar-refractivity contribution in [2.45, 2.75) is 12.8 Å². The summed E-state index contributed by atoms with van der Waals surface area (Å²) in [5.41, 5.74) is -0.355. The molecule has 0 aliphatic heterocycles. The monoisotopic (exact) mass is 309 g/mol. The molecule has 0 aliphatic rings. The first-order chi connectivity index (χ1) is 10.5. The van der Waals surface area contributed by atoms with Crippen molar-refractivity contribution in [3.8, 4) is 11.5 Å². The van der Waals surface area contributed by atoms with E-state index in [1.807, 2.05) is 0 Å². The van der Waals surface area contributed by atoms with E-state index in [1.54, 1.807) is 24.3 Å². The van der Waals surface area contributed by atoms with Gasteiger partial charge >= 0.3 is 6.18 Å². The van der Waals surface area contributed by atoms with Gasteiger partial charge < -0.3 is 14.9 Å². The molecule has 0 saturated carbocycles. The van der Waals surface area contributed by atoms with Gasteiger partial charge in [-0.25, -0.2) is 0 Å². The lowest BCUT2D eigenvalue weighted by atomic mass is 10.1. The number of methoxy groups -OCH3 is 1. The van der Waals surface area contributed by atoms with Crippen molar-refractivity contribution < 1.29 is 22.6 Å². The third kappa shape index (κ3) is 3.58. The van der Waals surface area contributed by atoms with Crippen molar-refractivity contribution in [1.82, 2.24) is 0 Å². The average Bonchev–Trinajstić information content (AvgIpc) is 2.52. The Kier molecular flexibility index (Phi) is 4.70. The summed E-state index contributed by atoms with van der Waals surface area (Å²) in [5.74, 6) is 0.693. The Bertz CT molecular complexity index is 669. The summed E-state index contributed by atoms with van der Waals surface area (Å²) in [6.07, 6.45) is -3.86. The predicted octanol–water partition coefficient (Wildman–Crippen LogP) is 4.29. The molecule has 6 heteroatoms. The largest absolute Gasteiger partial charge is 0.496 e. The molecule has 0 amide bonds. The topological polar surface area (TPSA) is 42.3 Å². The van der Waals surface area contributed by atoms with Gasteiger partial charge in [0, 0.05) is 17.3 Å². The molecule has 0 radical (unpaired) electrons. The number of nitrogens with one attached hydrogen (secondary N) is 1. The lowest BCUT2D eigenvalue weighted by Gasteiger charge is -2.14. The Morgan fingerprint density at radius 1 is 1.14 bits per heavy atom. The third-order valence-electron chi connectivity index (χ3n) is 3.07. The molecule has 3 nitrogen and oxygen atoms in total. The summed E-state index contributed by atoms with van der Waals surface area (Å²) < 4.78 is 49.3. The van der Waals surface area contributed by atoms with Crippen LogP contribution in [0.4, 0.5) is 13.2 Å². The molecule has 2 rings (SSSR count). The molecule has 0 spiro atoms. The SMILES string of the molecule is COc1ccccc1COc1ccc(C=N)c(C(F)(F)F)c1. The minimum atomic E-state index is -4.53. The first-order valence-electron chi connectivity index (χ1n) is 6.42. The highest BCUT2D eigenvalue weighted by Crippen LogP contribution is 2.34. The van der Waals surface area contributed by atoms with Crippen LogP contribution in [-0.2, 0) is 12.8 Å². The van der Waals surface area contributed by atoms with Gasteiger partial charge in [-0.15, -0.1) is 0 Å². The Hall–Kier alpha value is -2.50. The van der Waals surface area contributed by atoms with Crippen molar-refractivity contribution in [2.75, 3.05) is 7.11 Å². The van der Waals surface area contributed by atoms with E-state index in [9.17, 15) is 13.2 Å². The smallest absolute Gasteiger partial charge is 0.417 e. The maximum atomic E-state index is 12.9. The summed E-state index contributed by atoms with van der Waals surface area (Å²) in [4.78, 5) is 0. The molecule has 0 atom stereocenters. The Morgan fingerprint density at radius 3 is 2.50 bits per heavy atom. The van der Waals surface area contributed by atoms with Gasteiger partial charge in [0.05, 0.1) is 12.7 Å². The summed E-state index contributed by atoms with van der Waals surface area (Å²) in [6.45, 7) is 0.0885. The zero-order chi connectivity index (χ0) is 16.2. The molecule has 0 heterocycles. The number of halogens is 3. The maximum absolute atomic E-state index is 12.9. The van der Waals surface area contributed by atoms with Crippen molar-refractivity contribution in [3.63, 3.8) is 0 Å². The molecule has 116 valence electrons. The summed E-state index contributed by atoms with van der Waals surface area (Å²) in [7, 11) is 1.51. The standard InChI is InChI=1S/C16H14F3NO2/c1-21-15-5-3-2-4-12(15)10-22-13-7-6-11(9-20)14(8-13)16(17,18)19/h2-9,20H,10H2,1H3. The van der Waals surface area contributed by atoms with Gasteiger partial charge in [-0.3, -0.25) is 0 Å². The maximum Gasteiger partial charge on any atom is 0.417 e. The Morgan fingerprint density at radius 2 is 1.86 bits per heavy atom. The third-order valence-corrected chi connectivity index (χ3v) is 3.07. The number of para-hydroxylation sites is 1. The number of ether oxygens (including phenoxy) is 2. The lowest BCUT2D eigenvalue weighted by Crippen LogP contribution is -2.09. The van der Waals surface area contributed by atoms with Crippen molar-refractivity contribution in [3.05, 3.63) is 59.2 Å². The Balaban J connectivity index is 2.22. The molecule has 1 N–H and O–H groups in total. The van der Waals surface area contributed by atoms with E-state index in [1.165, 1.54) is 19.2 Å². The van der Waals surface area contributed by atoms with Crippen LogP contribution in [0.25, 0.3) is 0 Å². The van der Waals surface area contributed by atoms with Crippen LogP contribution in [0.2, 0.25) is 0 Å². The molecule has 22 heavy (non-hydrogen) atoms. The van der Waals surface area contributed by atoms with Crippen LogP contribution in [0.15, 0.2) is 42.5 Å². The highest BCUT2D eigenvalue weighted by Gasteiger charge is 2.33. The fourth-order valence-corrected chi connectivity index (χ4v) is 1.98. The molecular weight excluding hydrogens is 295 g/mol. The summed E-state index contributed by atoms with van der Waals surface area (Å²) in [5, 5.41) is 7.04. The van der Waals surface area contributed by atoms with Crippen molar-refractivity contribution >= 4 is 6.21 Å². The second-order valence-electron chi connectivity index (χ2n) is 4.49. The molecule has 2 aromatic carbocycles. The summed E-state index contributed by atoms with van der Waals surface area (Å²) in [6, 6.07) is 10.6. The van der Waals surface area contributed by atoms with E-state index in [4.69, 9.17) is 14.9 Å². The predicted molar refractivity (Wildman–Crippen MR) is 76.7 cm³/mol. The van der Waals surface area contributed by atoms with E-state index < -0.39 is 11.7 Å². The number of alkyl halides is 3. The first-order valence-corrected chi connectivity index (χ1v) is 6.42. The van der Waals surface area contributed by atoms with E-state index in [0.29, 0.717) is 12.0 Å². The van der Waals surface area contributed by atoms with Crippen LogP contribution < -0.4 is 9.47 Å². The number of rotatable bonds is 5. The van der Waals surface area contributed by atoms with Crippen LogP contribution in [0.3, 0.4) is 0 Å². The second kappa shape index (κ2) is 6.51. The normalized spacial score (nSPS) is 11.1. The molecule has 0 unspecified atom stereocenters. The van der Waals surface area contributed by atoms with Crippen LogP contribution >= 0.6 is 0 Å². The van der Waals surface area contributed by atoms with Crippen LogP contribution in [0.1, 0.15) is 16.7 Å². The van der Waals surface area contributed by atoms with Crippen LogP contribution in [0, 0.1) is 5.41 Å². The zero-order valence-electron chi connectivity index (χ0n) is 11.8. The minimum absolute atomic E-state index is 0.0869. The molecular formula is C16H14F3NO2. The van der Waals surface area contributed by atoms with Crippen molar-refractivity contribution in [2.24, 2.45) is 0 Å². The second-order valence-corrected chi connectivity index (χ2v) is 4.49. The van der Waals surface area contributed by atoms with Gasteiger partial charge in [-0.1, -0.05) is 18.2 Å². The lowest BCUT2D eigenvalue weighted by molar-refractivity contribution is -0.137. The number of hydrogen-bond donors (Lipinski definition) is 1. The van der Waals surface area contributed by atoms with Gasteiger partial charge in [-0.2, -0.15) is 13.2 Å². The fraction of sp³-hybridized carbons (Fsp3) is 0.188. The van der Waals surface area contributed by atoms with Gasteiger partial charge in [-0.05, 0) is 24.3 Å². The van der Waals surface area contributed by atoms with E-state index in [-0.39, 0.29) is 17.9 Å². The molecule has 0 bridgehead atoms. The van der Waals surface area contributed by atoms with Crippen molar-refractivity contribution in [1.29, 1.82) is 5.41 Å². The van der Waals surface area contributed by atoms with Gasteiger partial charge in [0.2, 0.25) is 0 Å². The van der Waals surface area contributed by atoms with E-state index >= 15 is 0 Å². The molecule has 2 aromatic rings. The van der Waals surface area contributed by atoms with Crippen LogP contribution in [0.5, 0.6) is 11.5 Å². The molecule has 0 aromatic heterocycles.